The fourth-order valence-corrected chi connectivity index (χ4v) is 2.36. The van der Waals surface area contributed by atoms with Crippen LogP contribution in [0.2, 0.25) is 15.1 Å². The largest absolute Gasteiger partial charge is 0.329 e. The summed E-state index contributed by atoms with van der Waals surface area (Å²) < 4.78 is 0. The second kappa shape index (κ2) is 5.66. The Morgan fingerprint density at radius 1 is 1.21 bits per heavy atom. The summed E-state index contributed by atoms with van der Waals surface area (Å²) in [5, 5.41) is 9.56. The van der Waals surface area contributed by atoms with Gasteiger partial charge >= 0.3 is 0 Å². The molecule has 0 bridgehead atoms. The van der Waals surface area contributed by atoms with Gasteiger partial charge in [-0.05, 0) is 29.3 Å². The molecule has 0 unspecified atom stereocenters. The standard InChI is InChI=1S/C13H7Cl3N2O/c14-9-5-8(6-10(15)12(9)16)11-7(1-3-17)2-4-18-13(11)19/h2,4-6H,1H2,(H,18,19). The molecule has 96 valence electrons. The Labute approximate surface area is 124 Å². The average molecular weight is 314 g/mol. The monoisotopic (exact) mass is 312 g/mol. The maximum absolute atomic E-state index is 11.9. The summed E-state index contributed by atoms with van der Waals surface area (Å²) in [6.45, 7) is 0. The molecule has 0 spiro atoms. The third-order valence-corrected chi connectivity index (χ3v) is 3.79. The van der Waals surface area contributed by atoms with Crippen LogP contribution in [-0.4, -0.2) is 4.98 Å². The Kier molecular flexibility index (Phi) is 4.16. The molecule has 0 saturated heterocycles. The highest BCUT2D eigenvalue weighted by Crippen LogP contribution is 2.35. The van der Waals surface area contributed by atoms with Crippen molar-refractivity contribution >= 4 is 34.8 Å². The minimum Gasteiger partial charge on any atom is -0.329 e. The fraction of sp³-hybridized carbons (Fsp3) is 0.0769. The molecule has 1 N–H and O–H groups in total. The molecule has 0 aliphatic heterocycles. The third-order valence-electron chi connectivity index (χ3n) is 2.59. The van der Waals surface area contributed by atoms with E-state index in [1.54, 1.807) is 18.2 Å². The van der Waals surface area contributed by atoms with Gasteiger partial charge in [0.2, 0.25) is 0 Å². The topological polar surface area (TPSA) is 56.6 Å². The van der Waals surface area contributed by atoms with Gasteiger partial charge < -0.3 is 4.98 Å². The molecule has 1 aromatic carbocycles. The summed E-state index contributed by atoms with van der Waals surface area (Å²) in [7, 11) is 0. The van der Waals surface area contributed by atoms with Crippen LogP contribution < -0.4 is 5.56 Å². The molecule has 1 aromatic heterocycles. The van der Waals surface area contributed by atoms with Crippen molar-refractivity contribution in [2.45, 2.75) is 6.42 Å². The zero-order valence-electron chi connectivity index (χ0n) is 9.51. The quantitative estimate of drug-likeness (QED) is 0.850. The van der Waals surface area contributed by atoms with E-state index in [1.807, 2.05) is 6.07 Å². The Hall–Kier alpha value is -1.47. The molecular formula is C13H7Cl3N2O. The van der Waals surface area contributed by atoms with Gasteiger partial charge in [-0.3, -0.25) is 4.79 Å². The highest BCUT2D eigenvalue weighted by Gasteiger charge is 2.13. The van der Waals surface area contributed by atoms with Crippen molar-refractivity contribution in [2.24, 2.45) is 0 Å². The Bertz CT molecular complexity index is 708. The highest BCUT2D eigenvalue weighted by atomic mass is 35.5. The number of aromatic amines is 1. The molecule has 19 heavy (non-hydrogen) atoms. The van der Waals surface area contributed by atoms with Gasteiger partial charge in [-0.25, -0.2) is 0 Å². The lowest BCUT2D eigenvalue weighted by Crippen LogP contribution is -2.11. The SMILES string of the molecule is N#CCc1cc[nH]c(=O)c1-c1cc(Cl)c(Cl)c(Cl)c1. The van der Waals surface area contributed by atoms with Gasteiger partial charge in [0.25, 0.3) is 5.56 Å². The van der Waals surface area contributed by atoms with E-state index < -0.39 is 0 Å². The van der Waals surface area contributed by atoms with Crippen LogP contribution in [0.15, 0.2) is 29.2 Å². The zero-order valence-corrected chi connectivity index (χ0v) is 11.8. The molecule has 0 aliphatic carbocycles. The van der Waals surface area contributed by atoms with E-state index in [0.29, 0.717) is 16.7 Å². The first-order valence-electron chi connectivity index (χ1n) is 5.27. The predicted octanol–water partition coefficient (Wildman–Crippen LogP) is 4.07. The van der Waals surface area contributed by atoms with Gasteiger partial charge in [-0.15, -0.1) is 0 Å². The van der Waals surface area contributed by atoms with Gasteiger partial charge in [-0.2, -0.15) is 5.26 Å². The number of pyridine rings is 1. The Morgan fingerprint density at radius 3 is 2.42 bits per heavy atom. The Balaban J connectivity index is 2.72. The number of halogens is 3. The van der Waals surface area contributed by atoms with E-state index in [-0.39, 0.29) is 27.0 Å². The molecule has 0 saturated carbocycles. The van der Waals surface area contributed by atoms with Crippen molar-refractivity contribution < 1.29 is 0 Å². The number of H-pyrrole nitrogens is 1. The molecular weight excluding hydrogens is 307 g/mol. The van der Waals surface area contributed by atoms with Crippen molar-refractivity contribution in [1.82, 2.24) is 4.98 Å². The normalized spacial score (nSPS) is 10.2. The maximum atomic E-state index is 11.9. The number of nitrogens with one attached hydrogen (secondary N) is 1. The van der Waals surface area contributed by atoms with Gasteiger partial charge in [-0.1, -0.05) is 34.8 Å². The molecule has 0 atom stereocenters. The van der Waals surface area contributed by atoms with Crippen LogP contribution in [0.5, 0.6) is 0 Å². The van der Waals surface area contributed by atoms with Crippen LogP contribution in [0.25, 0.3) is 11.1 Å². The van der Waals surface area contributed by atoms with E-state index in [2.05, 4.69) is 4.98 Å². The number of nitriles is 1. The molecule has 3 nitrogen and oxygen atoms in total. The van der Waals surface area contributed by atoms with Crippen LogP contribution in [0, 0.1) is 11.3 Å². The molecule has 0 amide bonds. The lowest BCUT2D eigenvalue weighted by atomic mass is 10.00. The van der Waals surface area contributed by atoms with Crippen LogP contribution in [0.1, 0.15) is 5.56 Å². The maximum Gasteiger partial charge on any atom is 0.256 e. The van der Waals surface area contributed by atoms with Gasteiger partial charge in [0, 0.05) is 6.20 Å². The zero-order chi connectivity index (χ0) is 14.0. The molecule has 6 heteroatoms. The minimum absolute atomic E-state index is 0.122. The number of hydrogen-bond donors (Lipinski definition) is 1. The minimum atomic E-state index is -0.304. The third kappa shape index (κ3) is 2.76. The Morgan fingerprint density at radius 2 is 1.84 bits per heavy atom. The smallest absolute Gasteiger partial charge is 0.256 e. The van der Waals surface area contributed by atoms with Crippen LogP contribution in [0.3, 0.4) is 0 Å². The summed E-state index contributed by atoms with van der Waals surface area (Å²) in [6, 6.07) is 6.81. The van der Waals surface area contributed by atoms with Crippen molar-refractivity contribution in [3.05, 3.63) is 55.4 Å². The average Bonchev–Trinajstić information content (AvgIpc) is 2.36. The lowest BCUT2D eigenvalue weighted by molar-refractivity contribution is 1.17. The molecule has 1 heterocycles. The van der Waals surface area contributed by atoms with E-state index in [4.69, 9.17) is 40.1 Å². The summed E-state index contributed by atoms with van der Waals surface area (Å²) >= 11 is 17.8. The highest BCUT2D eigenvalue weighted by molar-refractivity contribution is 6.48. The van der Waals surface area contributed by atoms with Crippen molar-refractivity contribution in [3.8, 4) is 17.2 Å². The van der Waals surface area contributed by atoms with Gasteiger partial charge in [0.05, 0.1) is 33.1 Å². The summed E-state index contributed by atoms with van der Waals surface area (Å²) in [5.41, 5.74) is 1.22. The second-order valence-corrected chi connectivity index (χ2v) is 4.99. The first-order chi connectivity index (χ1) is 9.04. The van der Waals surface area contributed by atoms with Gasteiger partial charge in [0.15, 0.2) is 0 Å². The number of rotatable bonds is 2. The van der Waals surface area contributed by atoms with Crippen molar-refractivity contribution in [2.75, 3.05) is 0 Å². The lowest BCUT2D eigenvalue weighted by Gasteiger charge is -2.08. The van der Waals surface area contributed by atoms with Crippen LogP contribution >= 0.6 is 34.8 Å². The summed E-state index contributed by atoms with van der Waals surface area (Å²) in [4.78, 5) is 14.5. The second-order valence-electron chi connectivity index (χ2n) is 3.80. The fourth-order valence-electron chi connectivity index (χ4n) is 1.77. The van der Waals surface area contributed by atoms with Crippen molar-refractivity contribution in [1.29, 1.82) is 5.26 Å². The van der Waals surface area contributed by atoms with Crippen LogP contribution in [0.4, 0.5) is 0 Å². The van der Waals surface area contributed by atoms with Crippen molar-refractivity contribution in [3.63, 3.8) is 0 Å². The van der Waals surface area contributed by atoms with E-state index in [9.17, 15) is 4.79 Å². The molecule has 2 aromatic rings. The molecule has 0 fully saturated rings. The first kappa shape index (κ1) is 14.0. The van der Waals surface area contributed by atoms with E-state index in [1.165, 1.54) is 6.20 Å². The molecule has 0 aliphatic rings. The summed E-state index contributed by atoms with van der Waals surface area (Å²) in [6.07, 6.45) is 1.62. The molecule has 2 rings (SSSR count). The van der Waals surface area contributed by atoms with Crippen LogP contribution in [-0.2, 0) is 6.42 Å². The number of aromatic nitrogens is 1. The van der Waals surface area contributed by atoms with E-state index in [0.717, 1.165) is 0 Å². The van der Waals surface area contributed by atoms with Gasteiger partial charge in [0.1, 0.15) is 0 Å². The number of hydrogen-bond acceptors (Lipinski definition) is 2. The molecule has 0 radical (unpaired) electrons. The predicted molar refractivity (Wildman–Crippen MR) is 76.8 cm³/mol. The number of nitrogens with zero attached hydrogens (tertiary/aromatic N) is 1. The van der Waals surface area contributed by atoms with E-state index >= 15 is 0 Å². The first-order valence-corrected chi connectivity index (χ1v) is 6.40. The summed E-state index contributed by atoms with van der Waals surface area (Å²) in [5.74, 6) is 0. The number of benzene rings is 1.